The molecule has 0 heterocycles. The number of amides is 1. The van der Waals surface area contributed by atoms with Crippen molar-refractivity contribution in [2.75, 3.05) is 5.32 Å². The average Bonchev–Trinajstić information content (AvgIpc) is 2.70. The highest BCUT2D eigenvalue weighted by Crippen LogP contribution is 2.37. The first kappa shape index (κ1) is 15.1. The number of hydrogen-bond acceptors (Lipinski definition) is 2. The van der Waals surface area contributed by atoms with Crippen molar-refractivity contribution in [2.24, 2.45) is 17.8 Å². The number of halogens is 2. The van der Waals surface area contributed by atoms with Crippen LogP contribution in [-0.4, -0.2) is 17.0 Å². The highest BCUT2D eigenvalue weighted by atomic mass is 35.5. The molecule has 2 N–H and O–H groups in total. The molecule has 0 spiro atoms. The molecule has 0 aliphatic heterocycles. The van der Waals surface area contributed by atoms with Crippen molar-refractivity contribution >= 4 is 40.8 Å². The second-order valence-electron chi connectivity index (χ2n) is 5.28. The fraction of sp³-hybridized carbons (Fsp3) is 0.429. The summed E-state index contributed by atoms with van der Waals surface area (Å²) in [5, 5.41) is 12.7. The van der Waals surface area contributed by atoms with E-state index in [0.717, 1.165) is 0 Å². The molecule has 3 atom stereocenters. The normalized spacial score (nSPS) is 25.4. The highest BCUT2D eigenvalue weighted by molar-refractivity contribution is 6.35. The minimum absolute atomic E-state index is 0.231. The third-order valence-corrected chi connectivity index (χ3v) is 4.02. The van der Waals surface area contributed by atoms with Gasteiger partial charge in [-0.25, -0.2) is 0 Å². The third kappa shape index (κ3) is 3.44. The van der Waals surface area contributed by atoms with Crippen LogP contribution in [0.3, 0.4) is 0 Å². The summed E-state index contributed by atoms with van der Waals surface area (Å²) in [7, 11) is 0. The van der Waals surface area contributed by atoms with Crippen molar-refractivity contribution in [3.05, 3.63) is 28.2 Å². The largest absolute Gasteiger partial charge is 0.481 e. The third-order valence-electron chi connectivity index (χ3n) is 3.58. The molecule has 1 aromatic carbocycles. The molecule has 2 rings (SSSR count). The van der Waals surface area contributed by atoms with E-state index >= 15 is 0 Å². The van der Waals surface area contributed by atoms with Crippen molar-refractivity contribution in [3.8, 4) is 0 Å². The van der Waals surface area contributed by atoms with E-state index in [4.69, 9.17) is 23.2 Å². The molecule has 0 aromatic heterocycles. The average molecular weight is 316 g/mol. The molecule has 4 nitrogen and oxygen atoms in total. The molecule has 6 heteroatoms. The van der Waals surface area contributed by atoms with Gasteiger partial charge in [0.15, 0.2) is 0 Å². The lowest BCUT2D eigenvalue weighted by Crippen LogP contribution is -2.29. The van der Waals surface area contributed by atoms with Crippen LogP contribution in [0.5, 0.6) is 0 Å². The summed E-state index contributed by atoms with van der Waals surface area (Å²) in [6, 6.07) is 4.73. The van der Waals surface area contributed by atoms with Crippen LogP contribution in [0.1, 0.15) is 19.8 Å². The quantitative estimate of drug-likeness (QED) is 0.894. The van der Waals surface area contributed by atoms with Crippen LogP contribution in [-0.2, 0) is 9.59 Å². The van der Waals surface area contributed by atoms with E-state index in [1.807, 2.05) is 6.92 Å². The molecule has 1 fully saturated rings. The Morgan fingerprint density at radius 3 is 2.25 bits per heavy atom. The number of carboxylic acids is 1. The van der Waals surface area contributed by atoms with Crippen LogP contribution in [0.25, 0.3) is 0 Å². The lowest BCUT2D eigenvalue weighted by atomic mass is 9.95. The lowest BCUT2D eigenvalue weighted by molar-refractivity contribution is -0.145. The second kappa shape index (κ2) is 6.02. The molecule has 1 aliphatic rings. The van der Waals surface area contributed by atoms with Gasteiger partial charge in [-0.2, -0.15) is 0 Å². The summed E-state index contributed by atoms with van der Waals surface area (Å²) in [5.41, 5.74) is 0.483. The minimum Gasteiger partial charge on any atom is -0.481 e. The summed E-state index contributed by atoms with van der Waals surface area (Å²) in [6.07, 6.45) is 1.11. The maximum Gasteiger partial charge on any atom is 0.307 e. The zero-order chi connectivity index (χ0) is 14.9. The number of hydrogen-bond donors (Lipinski definition) is 2. The Labute approximate surface area is 127 Å². The van der Waals surface area contributed by atoms with E-state index in [1.54, 1.807) is 18.2 Å². The fourth-order valence-corrected chi connectivity index (χ4v) is 3.24. The highest BCUT2D eigenvalue weighted by Gasteiger charge is 2.41. The number of nitrogens with one attached hydrogen (secondary N) is 1. The summed E-state index contributed by atoms with van der Waals surface area (Å²) >= 11 is 11.7. The van der Waals surface area contributed by atoms with Crippen molar-refractivity contribution in [3.63, 3.8) is 0 Å². The van der Waals surface area contributed by atoms with Crippen molar-refractivity contribution in [1.82, 2.24) is 0 Å². The molecule has 0 radical (unpaired) electrons. The van der Waals surface area contributed by atoms with Gasteiger partial charge in [0.1, 0.15) is 0 Å². The van der Waals surface area contributed by atoms with Gasteiger partial charge >= 0.3 is 5.97 Å². The first-order chi connectivity index (χ1) is 9.36. The number of carboxylic acid groups (broad SMARTS) is 1. The smallest absolute Gasteiger partial charge is 0.307 e. The van der Waals surface area contributed by atoms with Crippen molar-refractivity contribution in [1.29, 1.82) is 0 Å². The number of rotatable bonds is 3. The van der Waals surface area contributed by atoms with Gasteiger partial charge in [0, 0.05) is 15.7 Å². The van der Waals surface area contributed by atoms with Gasteiger partial charge < -0.3 is 10.4 Å². The minimum atomic E-state index is -0.918. The van der Waals surface area contributed by atoms with Crippen LogP contribution in [0.15, 0.2) is 18.2 Å². The van der Waals surface area contributed by atoms with E-state index in [1.165, 1.54) is 0 Å². The van der Waals surface area contributed by atoms with Gasteiger partial charge in [0.05, 0.1) is 11.8 Å². The Balaban J connectivity index is 2.13. The first-order valence-corrected chi connectivity index (χ1v) is 7.12. The van der Waals surface area contributed by atoms with Gasteiger partial charge in [-0.1, -0.05) is 30.1 Å². The Morgan fingerprint density at radius 1 is 1.15 bits per heavy atom. The van der Waals surface area contributed by atoms with Crippen LogP contribution >= 0.6 is 23.2 Å². The van der Waals surface area contributed by atoms with Crippen LogP contribution < -0.4 is 5.32 Å². The molecular formula is C14H15Cl2NO3. The topological polar surface area (TPSA) is 66.4 Å². The molecule has 0 bridgehead atoms. The molecule has 1 amide bonds. The lowest BCUT2D eigenvalue weighted by Gasteiger charge is -2.15. The maximum absolute atomic E-state index is 12.2. The molecule has 0 saturated heterocycles. The molecule has 1 aromatic rings. The number of carbonyl (C=O) groups is 2. The van der Waals surface area contributed by atoms with E-state index < -0.39 is 17.8 Å². The summed E-state index contributed by atoms with van der Waals surface area (Å²) in [6.45, 7) is 1.96. The first-order valence-electron chi connectivity index (χ1n) is 6.36. The number of aliphatic carboxylic acids is 1. The fourth-order valence-electron chi connectivity index (χ4n) is 2.72. The van der Waals surface area contributed by atoms with Crippen molar-refractivity contribution in [2.45, 2.75) is 19.8 Å². The summed E-state index contributed by atoms with van der Waals surface area (Å²) in [4.78, 5) is 23.4. The molecule has 1 aliphatic carbocycles. The Hall–Kier alpha value is -1.26. The summed E-state index contributed by atoms with van der Waals surface area (Å²) in [5.74, 6) is -2.12. The van der Waals surface area contributed by atoms with Gasteiger partial charge in [-0.3, -0.25) is 9.59 Å². The Bertz CT molecular complexity index is 527. The van der Waals surface area contributed by atoms with Gasteiger partial charge in [-0.15, -0.1) is 0 Å². The standard InChI is InChI=1S/C14H15Cl2NO3/c1-7-2-11(12(3-7)14(19)20)13(18)17-10-5-8(15)4-9(16)6-10/h4-7,11-12H,2-3H2,1H3,(H,17,18)(H,19,20)/t7?,11-,12+/m0/s1. The molecule has 20 heavy (non-hydrogen) atoms. The number of benzene rings is 1. The van der Waals surface area contributed by atoms with Crippen LogP contribution in [0.4, 0.5) is 5.69 Å². The zero-order valence-corrected chi connectivity index (χ0v) is 12.4. The van der Waals surface area contributed by atoms with Gasteiger partial charge in [-0.05, 0) is 37.0 Å². The van der Waals surface area contributed by atoms with Gasteiger partial charge in [0.25, 0.3) is 0 Å². The van der Waals surface area contributed by atoms with E-state index in [-0.39, 0.29) is 11.8 Å². The summed E-state index contributed by atoms with van der Waals surface area (Å²) < 4.78 is 0. The van der Waals surface area contributed by atoms with Crippen LogP contribution in [0, 0.1) is 17.8 Å². The maximum atomic E-state index is 12.2. The van der Waals surface area contributed by atoms with Crippen LogP contribution in [0.2, 0.25) is 10.0 Å². The number of carbonyl (C=O) groups excluding carboxylic acids is 1. The van der Waals surface area contributed by atoms with Crippen molar-refractivity contribution < 1.29 is 14.7 Å². The predicted octanol–water partition coefficient (Wildman–Crippen LogP) is 3.68. The van der Waals surface area contributed by atoms with E-state index in [0.29, 0.717) is 28.6 Å². The predicted molar refractivity (Wildman–Crippen MR) is 78.1 cm³/mol. The molecular weight excluding hydrogens is 301 g/mol. The monoisotopic (exact) mass is 315 g/mol. The van der Waals surface area contributed by atoms with E-state index in [2.05, 4.69) is 5.32 Å². The van der Waals surface area contributed by atoms with Gasteiger partial charge in [0.2, 0.25) is 5.91 Å². The zero-order valence-electron chi connectivity index (χ0n) is 10.9. The number of anilines is 1. The van der Waals surface area contributed by atoms with E-state index in [9.17, 15) is 14.7 Å². The Kier molecular flexibility index (Phi) is 4.55. The SMILES string of the molecule is CC1C[C@H](C(=O)Nc2cc(Cl)cc(Cl)c2)[C@H](C(=O)O)C1. The molecule has 1 saturated carbocycles. The second-order valence-corrected chi connectivity index (χ2v) is 6.15. The molecule has 1 unspecified atom stereocenters. The molecule has 108 valence electrons. The Morgan fingerprint density at radius 2 is 1.70 bits per heavy atom.